The minimum atomic E-state index is -0.500. The van der Waals surface area contributed by atoms with Crippen LogP contribution in [-0.2, 0) is 4.74 Å². The summed E-state index contributed by atoms with van der Waals surface area (Å²) < 4.78 is 12.1. The Balaban J connectivity index is 1.66. The van der Waals surface area contributed by atoms with Crippen molar-refractivity contribution in [2.75, 3.05) is 20.2 Å². The SMILES string of the molecule is COC1(Oc2ccc3ncncc3c2)CCC12CCNC2. The van der Waals surface area contributed by atoms with Crippen molar-refractivity contribution in [3.63, 3.8) is 0 Å². The lowest BCUT2D eigenvalue weighted by Crippen LogP contribution is -2.63. The monoisotopic (exact) mass is 285 g/mol. The standard InChI is InChI=1S/C16H19N3O2/c1-20-16(5-4-15(16)6-7-17-10-15)21-13-2-3-14-12(8-13)9-18-11-19-14/h2-3,8-9,11,17H,4-7,10H2,1H3. The van der Waals surface area contributed by atoms with Crippen molar-refractivity contribution in [3.8, 4) is 5.75 Å². The summed E-state index contributed by atoms with van der Waals surface area (Å²) in [7, 11) is 1.75. The Morgan fingerprint density at radius 2 is 2.19 bits per heavy atom. The summed E-state index contributed by atoms with van der Waals surface area (Å²) in [5, 5.41) is 4.42. The van der Waals surface area contributed by atoms with Crippen LogP contribution in [0.2, 0.25) is 0 Å². The zero-order chi connectivity index (χ0) is 14.3. The van der Waals surface area contributed by atoms with Gasteiger partial charge in [0, 0.05) is 37.1 Å². The fraction of sp³-hybridized carbons (Fsp3) is 0.500. The number of rotatable bonds is 3. The Kier molecular flexibility index (Phi) is 2.87. The predicted octanol–water partition coefficient (Wildman–Crippen LogP) is 2.12. The van der Waals surface area contributed by atoms with Gasteiger partial charge in [-0.3, -0.25) is 0 Å². The van der Waals surface area contributed by atoms with Crippen LogP contribution in [0.4, 0.5) is 0 Å². The molecule has 1 saturated heterocycles. The number of methoxy groups -OCH3 is 1. The lowest BCUT2D eigenvalue weighted by molar-refractivity contribution is -0.294. The average molecular weight is 285 g/mol. The highest BCUT2D eigenvalue weighted by molar-refractivity contribution is 5.78. The molecule has 2 aliphatic rings. The number of hydrogen-bond acceptors (Lipinski definition) is 5. The first-order valence-electron chi connectivity index (χ1n) is 7.42. The molecule has 1 aliphatic carbocycles. The van der Waals surface area contributed by atoms with Gasteiger partial charge in [0.05, 0.1) is 5.52 Å². The molecule has 2 fully saturated rings. The number of nitrogens with one attached hydrogen (secondary N) is 1. The van der Waals surface area contributed by atoms with Crippen molar-refractivity contribution < 1.29 is 9.47 Å². The molecular weight excluding hydrogens is 266 g/mol. The summed E-state index contributed by atoms with van der Waals surface area (Å²) >= 11 is 0. The zero-order valence-corrected chi connectivity index (χ0v) is 12.1. The van der Waals surface area contributed by atoms with Gasteiger partial charge in [-0.1, -0.05) is 0 Å². The van der Waals surface area contributed by atoms with E-state index in [1.807, 2.05) is 24.4 Å². The van der Waals surface area contributed by atoms with E-state index >= 15 is 0 Å². The first-order valence-corrected chi connectivity index (χ1v) is 7.42. The maximum Gasteiger partial charge on any atom is 0.217 e. The molecule has 1 N–H and O–H groups in total. The molecular formula is C16H19N3O2. The molecule has 110 valence electrons. The van der Waals surface area contributed by atoms with Crippen molar-refractivity contribution >= 4 is 10.9 Å². The molecule has 4 rings (SSSR count). The van der Waals surface area contributed by atoms with E-state index in [4.69, 9.17) is 9.47 Å². The highest BCUT2D eigenvalue weighted by Gasteiger charge is 2.63. The summed E-state index contributed by atoms with van der Waals surface area (Å²) in [6.45, 7) is 2.01. The first-order chi connectivity index (χ1) is 10.3. The van der Waals surface area contributed by atoms with Crippen LogP contribution in [0.5, 0.6) is 5.75 Å². The molecule has 1 aliphatic heterocycles. The largest absolute Gasteiger partial charge is 0.462 e. The molecule has 0 radical (unpaired) electrons. The van der Waals surface area contributed by atoms with E-state index in [2.05, 4.69) is 15.3 Å². The number of benzene rings is 1. The minimum absolute atomic E-state index is 0.115. The lowest BCUT2D eigenvalue weighted by Gasteiger charge is -2.55. The Hall–Kier alpha value is -1.72. The molecule has 5 nitrogen and oxygen atoms in total. The lowest BCUT2D eigenvalue weighted by atomic mass is 9.62. The van der Waals surface area contributed by atoms with Gasteiger partial charge in [-0.25, -0.2) is 9.97 Å². The van der Waals surface area contributed by atoms with Crippen LogP contribution in [0, 0.1) is 5.41 Å². The van der Waals surface area contributed by atoms with E-state index < -0.39 is 5.79 Å². The second-order valence-corrected chi connectivity index (χ2v) is 6.01. The second kappa shape index (κ2) is 4.64. The fourth-order valence-electron chi connectivity index (χ4n) is 3.70. The molecule has 2 aromatic rings. The second-order valence-electron chi connectivity index (χ2n) is 6.01. The summed E-state index contributed by atoms with van der Waals surface area (Å²) in [5.41, 5.74) is 1.04. The van der Waals surface area contributed by atoms with Crippen LogP contribution in [0.25, 0.3) is 10.9 Å². The Morgan fingerprint density at radius 3 is 2.90 bits per heavy atom. The number of hydrogen-bond donors (Lipinski definition) is 1. The molecule has 21 heavy (non-hydrogen) atoms. The van der Waals surface area contributed by atoms with E-state index in [0.717, 1.165) is 49.0 Å². The van der Waals surface area contributed by atoms with Gasteiger partial charge in [0.15, 0.2) is 0 Å². The van der Waals surface area contributed by atoms with Crippen molar-refractivity contribution in [2.24, 2.45) is 5.41 Å². The van der Waals surface area contributed by atoms with Crippen molar-refractivity contribution in [3.05, 3.63) is 30.7 Å². The number of aromatic nitrogens is 2. The van der Waals surface area contributed by atoms with Crippen LogP contribution in [0.3, 0.4) is 0 Å². The van der Waals surface area contributed by atoms with Crippen LogP contribution >= 0.6 is 0 Å². The van der Waals surface area contributed by atoms with Crippen LogP contribution in [0.1, 0.15) is 19.3 Å². The van der Waals surface area contributed by atoms with E-state index in [0.29, 0.717) is 0 Å². The fourth-order valence-corrected chi connectivity index (χ4v) is 3.70. The number of ether oxygens (including phenoxy) is 2. The molecule has 1 saturated carbocycles. The van der Waals surface area contributed by atoms with E-state index in [-0.39, 0.29) is 5.41 Å². The smallest absolute Gasteiger partial charge is 0.217 e. The third-order valence-electron chi connectivity index (χ3n) is 5.07. The average Bonchev–Trinajstić information content (AvgIpc) is 3.04. The van der Waals surface area contributed by atoms with E-state index in [1.165, 1.54) is 0 Å². The van der Waals surface area contributed by atoms with Crippen LogP contribution in [0.15, 0.2) is 30.7 Å². The summed E-state index contributed by atoms with van der Waals surface area (Å²) in [6.07, 6.45) is 6.57. The van der Waals surface area contributed by atoms with Crippen LogP contribution in [-0.4, -0.2) is 36.0 Å². The van der Waals surface area contributed by atoms with Gasteiger partial charge in [0.25, 0.3) is 0 Å². The normalized spacial score (nSPS) is 31.5. The molecule has 2 heterocycles. The third kappa shape index (κ3) is 1.84. The number of nitrogens with zero attached hydrogens (tertiary/aromatic N) is 2. The molecule has 1 aromatic heterocycles. The predicted molar refractivity (Wildman–Crippen MR) is 79.1 cm³/mol. The van der Waals surface area contributed by atoms with Crippen molar-refractivity contribution in [1.29, 1.82) is 0 Å². The zero-order valence-electron chi connectivity index (χ0n) is 12.1. The van der Waals surface area contributed by atoms with Gasteiger partial charge in [-0.05, 0) is 37.6 Å². The molecule has 5 heteroatoms. The molecule has 0 amide bonds. The topological polar surface area (TPSA) is 56.3 Å². The highest BCUT2D eigenvalue weighted by Crippen LogP contribution is 2.56. The van der Waals surface area contributed by atoms with Crippen LogP contribution < -0.4 is 10.1 Å². The molecule has 1 aromatic carbocycles. The van der Waals surface area contributed by atoms with E-state index in [9.17, 15) is 0 Å². The third-order valence-corrected chi connectivity index (χ3v) is 5.07. The molecule has 1 spiro atoms. The maximum atomic E-state index is 6.32. The van der Waals surface area contributed by atoms with Gasteiger partial charge in [-0.15, -0.1) is 0 Å². The van der Waals surface area contributed by atoms with Crippen molar-refractivity contribution in [1.82, 2.24) is 15.3 Å². The molecule has 0 bridgehead atoms. The Labute approximate surface area is 123 Å². The first kappa shape index (κ1) is 13.0. The maximum absolute atomic E-state index is 6.32. The van der Waals surface area contributed by atoms with Gasteiger partial charge >= 0.3 is 0 Å². The summed E-state index contributed by atoms with van der Waals surface area (Å²) in [5.74, 6) is 0.324. The van der Waals surface area contributed by atoms with Gasteiger partial charge in [0.1, 0.15) is 12.1 Å². The van der Waals surface area contributed by atoms with Gasteiger partial charge in [-0.2, -0.15) is 0 Å². The molecule has 2 atom stereocenters. The van der Waals surface area contributed by atoms with Gasteiger partial charge < -0.3 is 14.8 Å². The Bertz CT molecular complexity index is 665. The summed E-state index contributed by atoms with van der Waals surface area (Å²) in [6, 6.07) is 5.92. The van der Waals surface area contributed by atoms with E-state index in [1.54, 1.807) is 13.4 Å². The quantitative estimate of drug-likeness (QED) is 0.875. The van der Waals surface area contributed by atoms with Gasteiger partial charge in [0.2, 0.25) is 5.79 Å². The molecule has 2 unspecified atom stereocenters. The number of fused-ring (bicyclic) bond motifs is 1. The highest BCUT2D eigenvalue weighted by atomic mass is 16.7. The minimum Gasteiger partial charge on any atom is -0.462 e. The van der Waals surface area contributed by atoms with Crippen molar-refractivity contribution in [2.45, 2.75) is 25.0 Å². The Morgan fingerprint density at radius 1 is 1.24 bits per heavy atom. The summed E-state index contributed by atoms with van der Waals surface area (Å²) in [4.78, 5) is 8.30.